The second-order valence-corrected chi connectivity index (χ2v) is 4.31. The third-order valence-corrected chi connectivity index (χ3v) is 2.92. The summed E-state index contributed by atoms with van der Waals surface area (Å²) in [5.41, 5.74) is -0.537. The molecule has 0 unspecified atom stereocenters. The summed E-state index contributed by atoms with van der Waals surface area (Å²) in [6.07, 6.45) is 0. The quantitative estimate of drug-likeness (QED) is 0.911. The normalized spacial score (nSPS) is 10.1. The first-order valence-corrected chi connectivity index (χ1v) is 5.96. The Hall–Kier alpha value is -2.40. The average molecular weight is 294 g/mol. The van der Waals surface area contributed by atoms with Crippen LogP contribution in [0.4, 0.5) is 10.1 Å². The number of amides is 1. The Morgan fingerprint density at radius 1 is 1.10 bits per heavy atom. The van der Waals surface area contributed by atoms with Gasteiger partial charge < -0.3 is 10.4 Å². The summed E-state index contributed by atoms with van der Waals surface area (Å²) in [6, 6.07) is 9.91. The Bertz CT molecular complexity index is 688. The van der Waals surface area contributed by atoms with E-state index in [4.69, 9.17) is 16.7 Å². The van der Waals surface area contributed by atoms with Gasteiger partial charge in [-0.25, -0.2) is 9.18 Å². The number of carbonyl (C=O) groups is 2. The van der Waals surface area contributed by atoms with Crippen LogP contribution in [0.5, 0.6) is 0 Å². The van der Waals surface area contributed by atoms with E-state index in [9.17, 15) is 14.0 Å². The Morgan fingerprint density at radius 3 is 2.45 bits per heavy atom. The molecule has 0 fully saturated rings. The van der Waals surface area contributed by atoms with Gasteiger partial charge in [-0.3, -0.25) is 4.79 Å². The fraction of sp³-hybridized carbons (Fsp3) is 0. The highest BCUT2D eigenvalue weighted by Gasteiger charge is 2.18. The summed E-state index contributed by atoms with van der Waals surface area (Å²) >= 11 is 5.87. The van der Waals surface area contributed by atoms with Gasteiger partial charge in [0.05, 0.1) is 16.3 Å². The van der Waals surface area contributed by atoms with Crippen molar-refractivity contribution in [3.05, 3.63) is 64.4 Å². The van der Waals surface area contributed by atoms with Gasteiger partial charge in [-0.1, -0.05) is 29.8 Å². The minimum absolute atomic E-state index is 0.123. The number of rotatable bonds is 3. The number of hydrogen-bond acceptors (Lipinski definition) is 2. The summed E-state index contributed by atoms with van der Waals surface area (Å²) in [5.74, 6) is -2.99. The highest BCUT2D eigenvalue weighted by molar-refractivity contribution is 6.34. The highest BCUT2D eigenvalue weighted by atomic mass is 35.5. The minimum Gasteiger partial charge on any atom is -0.478 e. The van der Waals surface area contributed by atoms with E-state index in [1.165, 1.54) is 24.3 Å². The molecule has 1 amide bonds. The van der Waals surface area contributed by atoms with Crippen LogP contribution in [-0.4, -0.2) is 17.0 Å². The van der Waals surface area contributed by atoms with Crippen LogP contribution >= 0.6 is 11.6 Å². The molecule has 20 heavy (non-hydrogen) atoms. The second-order valence-electron chi connectivity index (χ2n) is 3.90. The fourth-order valence-corrected chi connectivity index (χ4v) is 1.90. The number of aromatic carboxylic acids is 1. The standard InChI is InChI=1S/C14H9ClFNO3/c15-9-5-2-1-4-8(9)13(18)17-11-7-3-6-10(16)12(11)14(19)20/h1-7H,(H,17,18)(H,19,20). The lowest BCUT2D eigenvalue weighted by molar-refractivity contribution is 0.0693. The van der Waals surface area contributed by atoms with Crippen LogP contribution < -0.4 is 5.32 Å². The van der Waals surface area contributed by atoms with Gasteiger partial charge in [0.15, 0.2) is 0 Å². The Kier molecular flexibility index (Phi) is 4.00. The number of carbonyl (C=O) groups excluding carboxylic acids is 1. The van der Waals surface area contributed by atoms with E-state index >= 15 is 0 Å². The minimum atomic E-state index is -1.46. The molecule has 0 bridgehead atoms. The van der Waals surface area contributed by atoms with Gasteiger partial charge in [0.2, 0.25) is 0 Å². The van der Waals surface area contributed by atoms with E-state index in [0.29, 0.717) is 0 Å². The molecule has 0 aliphatic rings. The van der Waals surface area contributed by atoms with Crippen molar-refractivity contribution in [2.45, 2.75) is 0 Å². The molecule has 0 aromatic heterocycles. The van der Waals surface area contributed by atoms with Crippen molar-refractivity contribution >= 4 is 29.2 Å². The van der Waals surface area contributed by atoms with E-state index in [-0.39, 0.29) is 16.3 Å². The first-order valence-electron chi connectivity index (χ1n) is 5.58. The molecule has 102 valence electrons. The third kappa shape index (κ3) is 2.78. The molecule has 0 spiro atoms. The van der Waals surface area contributed by atoms with Gasteiger partial charge in [-0.15, -0.1) is 0 Å². The number of hydrogen-bond donors (Lipinski definition) is 2. The van der Waals surface area contributed by atoms with Crippen LogP contribution in [0, 0.1) is 5.82 Å². The first-order chi connectivity index (χ1) is 9.50. The predicted molar refractivity (Wildman–Crippen MR) is 72.8 cm³/mol. The van der Waals surface area contributed by atoms with Crippen LogP contribution in [0.3, 0.4) is 0 Å². The Balaban J connectivity index is 2.36. The van der Waals surface area contributed by atoms with Crippen LogP contribution in [0.2, 0.25) is 5.02 Å². The molecule has 0 atom stereocenters. The third-order valence-electron chi connectivity index (χ3n) is 2.59. The van der Waals surface area contributed by atoms with Gasteiger partial charge >= 0.3 is 5.97 Å². The molecule has 4 nitrogen and oxygen atoms in total. The second kappa shape index (κ2) is 5.71. The molecule has 2 N–H and O–H groups in total. The number of carboxylic acids is 1. The highest BCUT2D eigenvalue weighted by Crippen LogP contribution is 2.21. The molecular formula is C14H9ClFNO3. The number of anilines is 1. The molecule has 0 aliphatic carbocycles. The van der Waals surface area contributed by atoms with Crippen molar-refractivity contribution in [1.29, 1.82) is 0 Å². The van der Waals surface area contributed by atoms with Crippen molar-refractivity contribution in [1.82, 2.24) is 0 Å². The van der Waals surface area contributed by atoms with Crippen molar-refractivity contribution in [2.24, 2.45) is 0 Å². The van der Waals surface area contributed by atoms with Crippen LogP contribution in [-0.2, 0) is 0 Å². The van der Waals surface area contributed by atoms with Crippen LogP contribution in [0.15, 0.2) is 42.5 Å². The molecule has 0 aliphatic heterocycles. The van der Waals surface area contributed by atoms with E-state index in [2.05, 4.69) is 5.32 Å². The smallest absolute Gasteiger partial charge is 0.340 e. The Morgan fingerprint density at radius 2 is 1.80 bits per heavy atom. The molecule has 0 radical (unpaired) electrons. The van der Waals surface area contributed by atoms with E-state index in [0.717, 1.165) is 6.07 Å². The van der Waals surface area contributed by atoms with Gasteiger partial charge in [0.25, 0.3) is 5.91 Å². The molecule has 2 aromatic carbocycles. The van der Waals surface area contributed by atoms with Crippen molar-refractivity contribution in [3.63, 3.8) is 0 Å². The van der Waals surface area contributed by atoms with Crippen molar-refractivity contribution in [3.8, 4) is 0 Å². The topological polar surface area (TPSA) is 66.4 Å². The largest absolute Gasteiger partial charge is 0.478 e. The number of nitrogens with one attached hydrogen (secondary N) is 1. The maximum atomic E-state index is 13.5. The zero-order valence-electron chi connectivity index (χ0n) is 10.1. The zero-order chi connectivity index (χ0) is 14.7. The molecule has 0 saturated carbocycles. The molecule has 0 heterocycles. The van der Waals surface area contributed by atoms with Gasteiger partial charge in [-0.05, 0) is 24.3 Å². The first kappa shape index (κ1) is 14.0. The lowest BCUT2D eigenvalue weighted by atomic mass is 10.1. The number of halogens is 2. The van der Waals surface area contributed by atoms with Crippen LogP contribution in [0.25, 0.3) is 0 Å². The molecule has 6 heteroatoms. The molecular weight excluding hydrogens is 285 g/mol. The zero-order valence-corrected chi connectivity index (χ0v) is 10.8. The van der Waals surface area contributed by atoms with E-state index in [1.54, 1.807) is 12.1 Å². The fourth-order valence-electron chi connectivity index (χ4n) is 1.68. The Labute approximate surface area is 118 Å². The van der Waals surface area contributed by atoms with E-state index in [1.807, 2.05) is 0 Å². The van der Waals surface area contributed by atoms with Gasteiger partial charge in [-0.2, -0.15) is 0 Å². The van der Waals surface area contributed by atoms with E-state index < -0.39 is 23.3 Å². The number of benzene rings is 2. The van der Waals surface area contributed by atoms with Gasteiger partial charge in [0, 0.05) is 0 Å². The monoisotopic (exact) mass is 293 g/mol. The SMILES string of the molecule is O=C(Nc1cccc(F)c1C(=O)O)c1ccccc1Cl. The lowest BCUT2D eigenvalue weighted by Gasteiger charge is -2.09. The number of carboxylic acid groups (broad SMARTS) is 1. The maximum Gasteiger partial charge on any atom is 0.340 e. The summed E-state index contributed by atoms with van der Waals surface area (Å²) in [4.78, 5) is 23.0. The van der Waals surface area contributed by atoms with Crippen LogP contribution in [0.1, 0.15) is 20.7 Å². The summed E-state index contributed by atoms with van der Waals surface area (Å²) < 4.78 is 13.5. The molecule has 2 rings (SSSR count). The summed E-state index contributed by atoms with van der Waals surface area (Å²) in [5, 5.41) is 11.5. The van der Waals surface area contributed by atoms with Crippen molar-refractivity contribution in [2.75, 3.05) is 5.32 Å². The summed E-state index contributed by atoms with van der Waals surface area (Å²) in [6.45, 7) is 0. The lowest BCUT2D eigenvalue weighted by Crippen LogP contribution is -2.16. The predicted octanol–water partition coefficient (Wildman–Crippen LogP) is 3.43. The van der Waals surface area contributed by atoms with Gasteiger partial charge in [0.1, 0.15) is 11.4 Å². The van der Waals surface area contributed by atoms with Crippen molar-refractivity contribution < 1.29 is 19.1 Å². The average Bonchev–Trinajstić information content (AvgIpc) is 2.38. The summed E-state index contributed by atoms with van der Waals surface area (Å²) in [7, 11) is 0. The molecule has 0 saturated heterocycles. The maximum absolute atomic E-state index is 13.5. The molecule has 2 aromatic rings.